The minimum Gasteiger partial charge on any atom is -0.0622 e. The molecule has 10 rings (SSSR count). The highest BCUT2D eigenvalue weighted by molar-refractivity contribution is 5.92. The standard InChI is InChI=1S/C76H70/c1-54-26-30-61(31-27-54)51-74(69-42-36-63(37-43-69)53-76(67-22-14-8-15-23-67)68-24-16-9-17-25-68)58(5)70-45-47-73(57(4)49-70)72-46-39-59(48-56(72)3)38-44-71(64-40-28-55(2)29-41-64)50-60-32-34-62(35-33-60)52-75(65-18-10-6-11-19-65)66-20-12-7-13-21-66/h6-37,39-43,45-49,52-53,58,71,74H,38,44,50-51H2,1-5H3. The van der Waals surface area contributed by atoms with Gasteiger partial charge in [-0.3, -0.25) is 0 Å². The Morgan fingerprint density at radius 3 is 1.21 bits per heavy atom. The van der Waals surface area contributed by atoms with Gasteiger partial charge in [-0.05, 0) is 183 Å². The first-order chi connectivity index (χ1) is 37.2. The van der Waals surface area contributed by atoms with Gasteiger partial charge in [-0.25, -0.2) is 0 Å². The molecule has 0 aliphatic heterocycles. The zero-order chi connectivity index (χ0) is 52.2. The summed E-state index contributed by atoms with van der Waals surface area (Å²) in [6.07, 6.45) is 8.72. The Morgan fingerprint density at radius 2 is 0.737 bits per heavy atom. The molecule has 76 heavy (non-hydrogen) atoms. The smallest absolute Gasteiger partial charge is 0.00553 e. The van der Waals surface area contributed by atoms with Crippen molar-refractivity contribution in [3.05, 3.63) is 344 Å². The SMILES string of the molecule is Cc1ccc(CC(c2ccc(C=C(c3ccccc3)c3ccccc3)cc2)C(C)c2ccc(-c3ccc(CCC(Cc4ccc(C=C(c5ccccc5)c5ccccc5)cc4)c4ccc(C)cc4)cc3C)c(C)c2)cc1. The molecule has 3 unspecified atom stereocenters. The fourth-order valence-corrected chi connectivity index (χ4v) is 11.2. The summed E-state index contributed by atoms with van der Waals surface area (Å²) in [5, 5.41) is 0. The molecule has 0 amide bonds. The first-order valence-corrected chi connectivity index (χ1v) is 27.4. The average molecular weight is 983 g/mol. The van der Waals surface area contributed by atoms with Gasteiger partial charge in [0.05, 0.1) is 0 Å². The third-order valence-electron chi connectivity index (χ3n) is 15.7. The van der Waals surface area contributed by atoms with E-state index in [1.54, 1.807) is 0 Å². The van der Waals surface area contributed by atoms with Crippen LogP contribution in [-0.4, -0.2) is 0 Å². The molecule has 0 radical (unpaired) electrons. The van der Waals surface area contributed by atoms with E-state index >= 15 is 0 Å². The van der Waals surface area contributed by atoms with Gasteiger partial charge in [0.25, 0.3) is 0 Å². The van der Waals surface area contributed by atoms with Gasteiger partial charge in [0.1, 0.15) is 0 Å². The highest BCUT2D eigenvalue weighted by atomic mass is 14.3. The summed E-state index contributed by atoms with van der Waals surface area (Å²) in [7, 11) is 0. The Labute approximate surface area is 453 Å². The van der Waals surface area contributed by atoms with E-state index in [0.29, 0.717) is 17.8 Å². The molecule has 0 nitrogen and oxygen atoms in total. The minimum absolute atomic E-state index is 0.298. The van der Waals surface area contributed by atoms with Crippen LogP contribution in [0.25, 0.3) is 34.4 Å². The fraction of sp³-hybridized carbons (Fsp3) is 0.158. The topological polar surface area (TPSA) is 0 Å². The molecular formula is C76H70. The zero-order valence-corrected chi connectivity index (χ0v) is 45.0. The molecule has 3 atom stereocenters. The Morgan fingerprint density at radius 1 is 0.355 bits per heavy atom. The summed E-state index contributed by atoms with van der Waals surface area (Å²) >= 11 is 0. The number of hydrogen-bond acceptors (Lipinski definition) is 0. The molecule has 0 N–H and O–H groups in total. The lowest BCUT2D eigenvalue weighted by atomic mass is 9.78. The van der Waals surface area contributed by atoms with Gasteiger partial charge in [-0.2, -0.15) is 0 Å². The van der Waals surface area contributed by atoms with Crippen molar-refractivity contribution in [1.82, 2.24) is 0 Å². The van der Waals surface area contributed by atoms with Crippen LogP contribution >= 0.6 is 0 Å². The monoisotopic (exact) mass is 983 g/mol. The molecular weight excluding hydrogens is 913 g/mol. The lowest BCUT2D eigenvalue weighted by Gasteiger charge is -2.26. The summed E-state index contributed by atoms with van der Waals surface area (Å²) in [5.74, 6) is 0.999. The van der Waals surface area contributed by atoms with Crippen molar-refractivity contribution in [3.63, 3.8) is 0 Å². The quantitative estimate of drug-likeness (QED) is 0.0752. The summed E-state index contributed by atoms with van der Waals surface area (Å²) in [5.41, 5.74) is 25.9. The predicted molar refractivity (Wildman–Crippen MR) is 326 cm³/mol. The lowest BCUT2D eigenvalue weighted by Crippen LogP contribution is -2.12. The molecule has 0 spiro atoms. The van der Waals surface area contributed by atoms with Crippen LogP contribution in [0.3, 0.4) is 0 Å². The lowest BCUT2D eigenvalue weighted by molar-refractivity contribution is 0.572. The molecule has 0 saturated carbocycles. The molecule has 0 bridgehead atoms. The molecule has 0 heteroatoms. The maximum Gasteiger partial charge on any atom is -0.00553 e. The second-order valence-electron chi connectivity index (χ2n) is 21.1. The van der Waals surface area contributed by atoms with Crippen LogP contribution in [0.1, 0.15) is 120 Å². The predicted octanol–water partition coefficient (Wildman–Crippen LogP) is 19.9. The third-order valence-corrected chi connectivity index (χ3v) is 15.7. The first kappa shape index (κ1) is 51.2. The molecule has 0 aliphatic carbocycles. The zero-order valence-electron chi connectivity index (χ0n) is 45.0. The van der Waals surface area contributed by atoms with Gasteiger partial charge >= 0.3 is 0 Å². The van der Waals surface area contributed by atoms with Gasteiger partial charge in [-0.15, -0.1) is 0 Å². The van der Waals surface area contributed by atoms with E-state index in [-0.39, 0.29) is 0 Å². The summed E-state index contributed by atoms with van der Waals surface area (Å²) in [4.78, 5) is 0. The largest absolute Gasteiger partial charge is 0.0622 e. The van der Waals surface area contributed by atoms with Crippen molar-refractivity contribution in [2.24, 2.45) is 0 Å². The number of benzene rings is 10. The Hall–Kier alpha value is -8.32. The van der Waals surface area contributed by atoms with E-state index in [1.807, 2.05) is 0 Å². The minimum atomic E-state index is 0.298. The molecule has 0 aliphatic rings. The normalized spacial score (nSPS) is 12.3. The van der Waals surface area contributed by atoms with Crippen LogP contribution in [0, 0.1) is 27.7 Å². The summed E-state index contributed by atoms with van der Waals surface area (Å²) < 4.78 is 0. The maximum atomic E-state index is 2.46. The van der Waals surface area contributed by atoms with E-state index in [0.717, 1.165) is 25.7 Å². The molecule has 10 aromatic rings. The van der Waals surface area contributed by atoms with Gasteiger partial charge in [-0.1, -0.05) is 273 Å². The van der Waals surface area contributed by atoms with Crippen molar-refractivity contribution in [3.8, 4) is 11.1 Å². The van der Waals surface area contributed by atoms with Crippen LogP contribution in [0.15, 0.2) is 255 Å². The first-order valence-electron chi connectivity index (χ1n) is 27.4. The number of hydrogen-bond donors (Lipinski definition) is 0. The Kier molecular flexibility index (Phi) is 16.4. The van der Waals surface area contributed by atoms with E-state index < -0.39 is 0 Å². The van der Waals surface area contributed by atoms with Crippen LogP contribution in [-0.2, 0) is 19.3 Å². The van der Waals surface area contributed by atoms with Crippen molar-refractivity contribution < 1.29 is 0 Å². The third kappa shape index (κ3) is 12.8. The summed E-state index contributed by atoms with van der Waals surface area (Å²) in [6.45, 7) is 11.4. The van der Waals surface area contributed by atoms with Crippen molar-refractivity contribution in [2.75, 3.05) is 0 Å². The van der Waals surface area contributed by atoms with Gasteiger partial charge in [0.2, 0.25) is 0 Å². The molecule has 0 fully saturated rings. The molecule has 374 valence electrons. The van der Waals surface area contributed by atoms with E-state index in [4.69, 9.17) is 0 Å². The van der Waals surface area contributed by atoms with Gasteiger partial charge in [0, 0.05) is 0 Å². The van der Waals surface area contributed by atoms with Crippen LogP contribution < -0.4 is 0 Å². The summed E-state index contributed by atoms with van der Waals surface area (Å²) in [6, 6.07) is 94.3. The molecule has 0 heterocycles. The molecule has 0 saturated heterocycles. The van der Waals surface area contributed by atoms with Crippen molar-refractivity contribution >= 4 is 23.3 Å². The molecule has 10 aromatic carbocycles. The van der Waals surface area contributed by atoms with Crippen LogP contribution in [0.2, 0.25) is 0 Å². The highest BCUT2D eigenvalue weighted by Gasteiger charge is 2.23. The number of rotatable bonds is 18. The average Bonchev–Trinajstić information content (AvgIpc) is 3.47. The van der Waals surface area contributed by atoms with E-state index in [2.05, 4.69) is 302 Å². The van der Waals surface area contributed by atoms with Gasteiger partial charge < -0.3 is 0 Å². The second kappa shape index (κ2) is 24.4. The van der Waals surface area contributed by atoms with Crippen LogP contribution in [0.5, 0.6) is 0 Å². The van der Waals surface area contributed by atoms with E-state index in [9.17, 15) is 0 Å². The highest BCUT2D eigenvalue weighted by Crippen LogP contribution is 2.39. The fourth-order valence-electron chi connectivity index (χ4n) is 11.2. The number of aryl methyl sites for hydroxylation is 5. The molecule has 0 aromatic heterocycles. The van der Waals surface area contributed by atoms with Crippen molar-refractivity contribution in [2.45, 2.75) is 78.1 Å². The van der Waals surface area contributed by atoms with E-state index in [1.165, 1.54) is 111 Å². The Balaban J connectivity index is 0.857. The van der Waals surface area contributed by atoms with Gasteiger partial charge in [0.15, 0.2) is 0 Å². The van der Waals surface area contributed by atoms with Crippen LogP contribution in [0.4, 0.5) is 0 Å². The van der Waals surface area contributed by atoms with Crippen molar-refractivity contribution in [1.29, 1.82) is 0 Å². The Bertz CT molecular complexity index is 3430. The maximum absolute atomic E-state index is 2.46. The second-order valence-corrected chi connectivity index (χ2v) is 21.1.